The molecule has 0 aliphatic rings. The molecule has 0 radical (unpaired) electrons. The first kappa shape index (κ1) is 21.7. The van der Waals surface area contributed by atoms with E-state index < -0.39 is 11.6 Å². The van der Waals surface area contributed by atoms with Crippen molar-refractivity contribution < 1.29 is 18.3 Å². The lowest BCUT2D eigenvalue weighted by molar-refractivity contribution is -0.149. The summed E-state index contributed by atoms with van der Waals surface area (Å²) in [5, 5.41) is 2.98. The number of hydrogen-bond donors (Lipinski definition) is 1. The number of benzene rings is 1. The van der Waals surface area contributed by atoms with Gasteiger partial charge in [-0.1, -0.05) is 18.2 Å². The molecule has 0 saturated heterocycles. The molecule has 1 N–H and O–H groups in total. The SMILES string of the molecule is CC(C)(C)OC(=O)/C(=C/c1ccco1)Nc1ncc(Br)nc1Cc1ccccc1F. The molecule has 1 aromatic carbocycles. The zero-order valence-electron chi connectivity index (χ0n) is 16.8. The fourth-order valence-electron chi connectivity index (χ4n) is 2.58. The van der Waals surface area contributed by atoms with Crippen molar-refractivity contribution in [3.8, 4) is 0 Å². The van der Waals surface area contributed by atoms with Crippen molar-refractivity contribution in [2.45, 2.75) is 32.8 Å². The molecule has 2 heterocycles. The molecule has 0 aliphatic carbocycles. The molecule has 0 saturated carbocycles. The number of aromatic nitrogens is 2. The van der Waals surface area contributed by atoms with E-state index in [9.17, 15) is 9.18 Å². The van der Waals surface area contributed by atoms with E-state index in [0.29, 0.717) is 27.4 Å². The van der Waals surface area contributed by atoms with Crippen LogP contribution in [-0.2, 0) is 16.0 Å². The number of furan rings is 1. The molecule has 3 aromatic rings. The van der Waals surface area contributed by atoms with Crippen molar-refractivity contribution in [3.05, 3.63) is 82.0 Å². The Morgan fingerprint density at radius 1 is 1.27 bits per heavy atom. The van der Waals surface area contributed by atoms with Gasteiger partial charge in [-0.05, 0) is 60.5 Å². The van der Waals surface area contributed by atoms with Crippen LogP contribution in [0.4, 0.5) is 10.2 Å². The summed E-state index contributed by atoms with van der Waals surface area (Å²) < 4.78 is 25.5. The third-order valence-electron chi connectivity index (χ3n) is 3.83. The third-order valence-corrected chi connectivity index (χ3v) is 4.21. The van der Waals surface area contributed by atoms with Gasteiger partial charge < -0.3 is 14.5 Å². The molecule has 3 rings (SSSR count). The summed E-state index contributed by atoms with van der Waals surface area (Å²) in [6.07, 6.45) is 4.70. The zero-order valence-corrected chi connectivity index (χ0v) is 18.4. The van der Waals surface area contributed by atoms with Gasteiger partial charge in [0.2, 0.25) is 0 Å². The molecule has 0 atom stereocenters. The first-order valence-corrected chi connectivity index (χ1v) is 10.0. The Hall–Kier alpha value is -3.00. The maximum atomic E-state index is 14.2. The maximum Gasteiger partial charge on any atom is 0.355 e. The van der Waals surface area contributed by atoms with Crippen LogP contribution in [0.5, 0.6) is 0 Å². The average molecular weight is 474 g/mol. The van der Waals surface area contributed by atoms with Crippen molar-refractivity contribution in [3.63, 3.8) is 0 Å². The summed E-state index contributed by atoms with van der Waals surface area (Å²) >= 11 is 3.30. The van der Waals surface area contributed by atoms with Gasteiger partial charge in [0.05, 0.1) is 18.2 Å². The molecule has 0 spiro atoms. The van der Waals surface area contributed by atoms with E-state index in [2.05, 4.69) is 31.2 Å². The molecule has 30 heavy (non-hydrogen) atoms. The topological polar surface area (TPSA) is 77.2 Å². The van der Waals surface area contributed by atoms with E-state index in [1.807, 2.05) is 0 Å². The predicted molar refractivity (Wildman–Crippen MR) is 115 cm³/mol. The van der Waals surface area contributed by atoms with E-state index >= 15 is 0 Å². The minimum Gasteiger partial charge on any atom is -0.465 e. The highest BCUT2D eigenvalue weighted by Gasteiger charge is 2.22. The second-order valence-corrected chi connectivity index (χ2v) is 8.27. The van der Waals surface area contributed by atoms with E-state index in [-0.39, 0.29) is 17.9 Å². The van der Waals surface area contributed by atoms with Crippen molar-refractivity contribution >= 4 is 33.8 Å². The fraction of sp³-hybridized carbons (Fsp3) is 0.227. The molecule has 0 unspecified atom stereocenters. The van der Waals surface area contributed by atoms with Crippen LogP contribution < -0.4 is 5.32 Å². The van der Waals surface area contributed by atoms with Crippen LogP contribution in [0, 0.1) is 5.82 Å². The number of carbonyl (C=O) groups is 1. The second kappa shape index (κ2) is 9.21. The van der Waals surface area contributed by atoms with Gasteiger partial charge in [-0.3, -0.25) is 0 Å². The summed E-state index contributed by atoms with van der Waals surface area (Å²) in [5.74, 6) is -0.154. The Kier molecular flexibility index (Phi) is 6.66. The van der Waals surface area contributed by atoms with Crippen molar-refractivity contribution in [1.29, 1.82) is 0 Å². The summed E-state index contributed by atoms with van der Waals surface area (Å²) in [6.45, 7) is 5.33. The summed E-state index contributed by atoms with van der Waals surface area (Å²) in [5.41, 5.74) is 0.346. The fourth-order valence-corrected chi connectivity index (χ4v) is 2.89. The number of halogens is 2. The summed E-state index contributed by atoms with van der Waals surface area (Å²) in [6, 6.07) is 9.85. The number of nitrogens with one attached hydrogen (secondary N) is 1. The smallest absolute Gasteiger partial charge is 0.355 e. The first-order valence-electron chi connectivity index (χ1n) is 9.22. The summed E-state index contributed by atoms with van der Waals surface area (Å²) in [7, 11) is 0. The Morgan fingerprint density at radius 3 is 2.70 bits per heavy atom. The molecular weight excluding hydrogens is 453 g/mol. The van der Waals surface area contributed by atoms with E-state index in [1.54, 1.807) is 51.1 Å². The van der Waals surface area contributed by atoms with Crippen LogP contribution in [0.2, 0.25) is 0 Å². The van der Waals surface area contributed by atoms with Gasteiger partial charge >= 0.3 is 5.97 Å². The highest BCUT2D eigenvalue weighted by molar-refractivity contribution is 9.10. The van der Waals surface area contributed by atoms with Crippen LogP contribution in [0.25, 0.3) is 6.08 Å². The molecule has 0 bridgehead atoms. The van der Waals surface area contributed by atoms with Gasteiger partial charge in [0, 0.05) is 12.5 Å². The van der Waals surface area contributed by atoms with Crippen LogP contribution in [-0.4, -0.2) is 21.5 Å². The predicted octanol–water partition coefficient (Wildman–Crippen LogP) is 5.36. The van der Waals surface area contributed by atoms with Crippen molar-refractivity contribution in [2.75, 3.05) is 5.32 Å². The molecule has 8 heteroatoms. The van der Waals surface area contributed by atoms with Gasteiger partial charge in [-0.2, -0.15) is 0 Å². The van der Waals surface area contributed by atoms with E-state index in [0.717, 1.165) is 0 Å². The molecule has 0 fully saturated rings. The lowest BCUT2D eigenvalue weighted by Crippen LogP contribution is -2.27. The Balaban J connectivity index is 1.96. The van der Waals surface area contributed by atoms with Gasteiger partial charge in [-0.25, -0.2) is 19.2 Å². The molecule has 2 aromatic heterocycles. The molecule has 156 valence electrons. The molecular formula is C22H21BrFN3O3. The number of ether oxygens (including phenoxy) is 1. The second-order valence-electron chi connectivity index (χ2n) is 7.46. The van der Waals surface area contributed by atoms with E-state index in [4.69, 9.17) is 9.15 Å². The van der Waals surface area contributed by atoms with Crippen LogP contribution >= 0.6 is 15.9 Å². The monoisotopic (exact) mass is 473 g/mol. The van der Waals surface area contributed by atoms with Crippen molar-refractivity contribution in [1.82, 2.24) is 9.97 Å². The number of esters is 1. The quantitative estimate of drug-likeness (QED) is 0.383. The van der Waals surface area contributed by atoms with Gasteiger partial charge in [-0.15, -0.1) is 0 Å². The lowest BCUT2D eigenvalue weighted by Gasteiger charge is -2.21. The lowest BCUT2D eigenvalue weighted by atomic mass is 10.1. The number of carbonyl (C=O) groups excluding carboxylic acids is 1. The van der Waals surface area contributed by atoms with Crippen LogP contribution in [0.1, 0.15) is 37.8 Å². The van der Waals surface area contributed by atoms with E-state index in [1.165, 1.54) is 24.6 Å². The third kappa shape index (κ3) is 6.00. The number of nitrogens with zero attached hydrogens (tertiary/aromatic N) is 2. The van der Waals surface area contributed by atoms with Crippen molar-refractivity contribution in [2.24, 2.45) is 0 Å². The zero-order chi connectivity index (χ0) is 21.7. The van der Waals surface area contributed by atoms with Crippen LogP contribution in [0.15, 0.2) is 63.6 Å². The Bertz CT molecular complexity index is 1060. The number of rotatable bonds is 6. The molecule has 6 nitrogen and oxygen atoms in total. The van der Waals surface area contributed by atoms with Gasteiger partial charge in [0.1, 0.15) is 27.5 Å². The minimum absolute atomic E-state index is 0.117. The highest BCUT2D eigenvalue weighted by Crippen LogP contribution is 2.22. The Morgan fingerprint density at radius 2 is 2.03 bits per heavy atom. The largest absolute Gasteiger partial charge is 0.465 e. The maximum absolute atomic E-state index is 14.2. The molecule has 0 aliphatic heterocycles. The summed E-state index contributed by atoms with van der Waals surface area (Å²) in [4.78, 5) is 21.5. The first-order chi connectivity index (χ1) is 14.2. The molecule has 0 amide bonds. The minimum atomic E-state index is -0.692. The van der Waals surface area contributed by atoms with Gasteiger partial charge in [0.25, 0.3) is 0 Å². The standard InChI is InChI=1S/C22H21BrFN3O3/c1-22(2,3)30-21(28)18(12-15-8-6-10-29-15)27-20-17(26-19(23)13-25-20)11-14-7-4-5-9-16(14)24/h4-10,12-13H,11H2,1-3H3,(H,25,27)/b18-12-. The average Bonchev–Trinajstić information content (AvgIpc) is 3.17. The number of hydrogen-bond acceptors (Lipinski definition) is 6. The Labute approximate surface area is 182 Å². The van der Waals surface area contributed by atoms with Crippen LogP contribution in [0.3, 0.4) is 0 Å². The number of anilines is 1. The highest BCUT2D eigenvalue weighted by atomic mass is 79.9. The van der Waals surface area contributed by atoms with Gasteiger partial charge in [0.15, 0.2) is 5.82 Å². The normalized spacial score (nSPS) is 12.0.